The molecule has 2 aromatic rings. The molecule has 0 aromatic carbocycles. The van der Waals surface area contributed by atoms with Crippen LogP contribution < -0.4 is 10.6 Å². The molecule has 0 aliphatic rings. The van der Waals surface area contributed by atoms with Gasteiger partial charge in [-0.3, -0.25) is 14.5 Å². The van der Waals surface area contributed by atoms with Crippen LogP contribution >= 0.6 is 0 Å². The monoisotopic (exact) mass is 245 g/mol. The Labute approximate surface area is 105 Å². The summed E-state index contributed by atoms with van der Waals surface area (Å²) in [6.07, 6.45) is 5.23. The molecule has 0 radical (unpaired) electrons. The molecule has 0 aliphatic carbocycles. The lowest BCUT2D eigenvalue weighted by molar-refractivity contribution is -0.121. The Kier molecular flexibility index (Phi) is 3.90. The van der Waals surface area contributed by atoms with Crippen LogP contribution in [0.1, 0.15) is 5.69 Å². The first-order chi connectivity index (χ1) is 8.78. The molecule has 2 N–H and O–H groups in total. The summed E-state index contributed by atoms with van der Waals surface area (Å²) in [5.74, 6) is -0.0747. The summed E-state index contributed by atoms with van der Waals surface area (Å²) in [6.45, 7) is 0.855. The molecule has 6 heteroatoms. The molecule has 2 rings (SSSR count). The summed E-state index contributed by atoms with van der Waals surface area (Å²) in [5.41, 5.74) is 1.82. The molecule has 0 saturated heterocycles. The minimum Gasteiger partial charge on any atom is -0.377 e. The molecule has 0 atom stereocenters. The Morgan fingerprint density at radius 1 is 1.44 bits per heavy atom. The third-order valence-electron chi connectivity index (χ3n) is 2.42. The predicted octanol–water partition coefficient (Wildman–Crippen LogP) is 0.636. The minimum absolute atomic E-state index is 0.0747. The number of rotatable bonds is 5. The number of amides is 1. The quantitative estimate of drug-likeness (QED) is 0.810. The van der Waals surface area contributed by atoms with E-state index in [0.717, 1.165) is 11.4 Å². The fourth-order valence-electron chi connectivity index (χ4n) is 1.46. The van der Waals surface area contributed by atoms with Gasteiger partial charge in [-0.25, -0.2) is 0 Å². The van der Waals surface area contributed by atoms with Gasteiger partial charge in [0.2, 0.25) is 5.91 Å². The van der Waals surface area contributed by atoms with E-state index in [9.17, 15) is 4.79 Å². The first kappa shape index (κ1) is 12.1. The number of pyridine rings is 1. The number of anilines is 1. The SMILES string of the molecule is CNC(=O)Cn1cc(NCc2ccccn2)cn1. The maximum Gasteiger partial charge on any atom is 0.241 e. The van der Waals surface area contributed by atoms with Crippen LogP contribution in [0, 0.1) is 0 Å². The molecule has 2 heterocycles. The molecule has 0 aliphatic heterocycles. The number of hydrogen-bond donors (Lipinski definition) is 2. The first-order valence-electron chi connectivity index (χ1n) is 5.65. The van der Waals surface area contributed by atoms with E-state index in [4.69, 9.17) is 0 Å². The zero-order chi connectivity index (χ0) is 12.8. The molecule has 6 nitrogen and oxygen atoms in total. The fraction of sp³-hybridized carbons (Fsp3) is 0.250. The van der Waals surface area contributed by atoms with Gasteiger partial charge in [0.05, 0.1) is 24.1 Å². The maximum atomic E-state index is 11.2. The highest BCUT2D eigenvalue weighted by atomic mass is 16.1. The molecule has 0 unspecified atom stereocenters. The number of aromatic nitrogens is 3. The van der Waals surface area contributed by atoms with Crippen LogP contribution in [0.15, 0.2) is 36.8 Å². The Balaban J connectivity index is 1.89. The molecular weight excluding hydrogens is 230 g/mol. The van der Waals surface area contributed by atoms with Crippen LogP contribution in [0.5, 0.6) is 0 Å². The zero-order valence-electron chi connectivity index (χ0n) is 10.1. The zero-order valence-corrected chi connectivity index (χ0v) is 10.1. The van der Waals surface area contributed by atoms with Gasteiger partial charge < -0.3 is 10.6 Å². The lowest BCUT2D eigenvalue weighted by Gasteiger charge is -2.02. The molecule has 0 saturated carbocycles. The number of nitrogens with one attached hydrogen (secondary N) is 2. The van der Waals surface area contributed by atoms with Crippen LogP contribution in [-0.2, 0) is 17.9 Å². The summed E-state index contributed by atoms with van der Waals surface area (Å²) in [7, 11) is 1.60. The Bertz CT molecular complexity index is 508. The fourth-order valence-corrected chi connectivity index (χ4v) is 1.46. The molecule has 94 valence electrons. The molecular formula is C12H15N5O. The summed E-state index contributed by atoms with van der Waals surface area (Å²) in [6, 6.07) is 5.77. The Hall–Kier alpha value is -2.37. The Morgan fingerprint density at radius 3 is 3.06 bits per heavy atom. The van der Waals surface area contributed by atoms with Crippen LogP contribution in [0.2, 0.25) is 0 Å². The normalized spacial score (nSPS) is 10.1. The lowest BCUT2D eigenvalue weighted by Crippen LogP contribution is -2.23. The van der Waals surface area contributed by atoms with E-state index < -0.39 is 0 Å². The number of nitrogens with zero attached hydrogens (tertiary/aromatic N) is 3. The van der Waals surface area contributed by atoms with Crippen molar-refractivity contribution in [3.63, 3.8) is 0 Å². The van der Waals surface area contributed by atoms with Gasteiger partial charge in [0.1, 0.15) is 6.54 Å². The van der Waals surface area contributed by atoms with Crippen LogP contribution in [0.4, 0.5) is 5.69 Å². The van der Waals surface area contributed by atoms with Gasteiger partial charge in [0.25, 0.3) is 0 Å². The molecule has 2 aromatic heterocycles. The summed E-state index contributed by atoms with van der Waals surface area (Å²) in [4.78, 5) is 15.4. The van der Waals surface area contributed by atoms with Crippen molar-refractivity contribution >= 4 is 11.6 Å². The van der Waals surface area contributed by atoms with E-state index >= 15 is 0 Å². The van der Waals surface area contributed by atoms with Crippen molar-refractivity contribution in [3.05, 3.63) is 42.5 Å². The van der Waals surface area contributed by atoms with E-state index in [2.05, 4.69) is 20.7 Å². The van der Waals surface area contributed by atoms with Gasteiger partial charge in [-0.2, -0.15) is 5.10 Å². The number of carbonyl (C=O) groups excluding carboxylic acids is 1. The highest BCUT2D eigenvalue weighted by Crippen LogP contribution is 2.06. The van der Waals surface area contributed by atoms with E-state index in [1.165, 1.54) is 0 Å². The van der Waals surface area contributed by atoms with Crippen molar-refractivity contribution in [2.75, 3.05) is 12.4 Å². The standard InChI is InChI=1S/C12H15N5O/c1-13-12(18)9-17-8-11(7-16-17)15-6-10-4-2-3-5-14-10/h2-5,7-8,15H,6,9H2,1H3,(H,13,18). The second kappa shape index (κ2) is 5.81. The van der Waals surface area contributed by atoms with Crippen molar-refractivity contribution in [2.45, 2.75) is 13.1 Å². The lowest BCUT2D eigenvalue weighted by atomic mass is 10.3. The minimum atomic E-state index is -0.0747. The second-order valence-electron chi connectivity index (χ2n) is 3.77. The molecule has 0 spiro atoms. The molecule has 1 amide bonds. The average Bonchev–Trinajstić information content (AvgIpc) is 2.85. The predicted molar refractivity (Wildman–Crippen MR) is 67.9 cm³/mol. The first-order valence-corrected chi connectivity index (χ1v) is 5.65. The van der Waals surface area contributed by atoms with Crippen molar-refractivity contribution in [1.29, 1.82) is 0 Å². The smallest absolute Gasteiger partial charge is 0.241 e. The van der Waals surface area contributed by atoms with Gasteiger partial charge in [0.15, 0.2) is 0 Å². The highest BCUT2D eigenvalue weighted by molar-refractivity contribution is 5.75. The van der Waals surface area contributed by atoms with E-state index in [0.29, 0.717) is 6.54 Å². The summed E-state index contributed by atoms with van der Waals surface area (Å²) < 4.78 is 1.58. The van der Waals surface area contributed by atoms with Gasteiger partial charge in [0, 0.05) is 19.4 Å². The molecule has 0 fully saturated rings. The van der Waals surface area contributed by atoms with Crippen molar-refractivity contribution < 1.29 is 4.79 Å². The van der Waals surface area contributed by atoms with Gasteiger partial charge in [-0.1, -0.05) is 6.07 Å². The topological polar surface area (TPSA) is 71.8 Å². The molecule has 0 bridgehead atoms. The van der Waals surface area contributed by atoms with Crippen molar-refractivity contribution in [3.8, 4) is 0 Å². The largest absolute Gasteiger partial charge is 0.377 e. The third-order valence-corrected chi connectivity index (χ3v) is 2.42. The molecule has 18 heavy (non-hydrogen) atoms. The Morgan fingerprint density at radius 2 is 2.33 bits per heavy atom. The number of likely N-dealkylation sites (N-methyl/N-ethyl adjacent to an activating group) is 1. The highest BCUT2D eigenvalue weighted by Gasteiger charge is 2.02. The van der Waals surface area contributed by atoms with E-state index in [1.54, 1.807) is 30.3 Å². The number of hydrogen-bond acceptors (Lipinski definition) is 4. The van der Waals surface area contributed by atoms with E-state index in [1.807, 2.05) is 18.2 Å². The van der Waals surface area contributed by atoms with E-state index in [-0.39, 0.29) is 12.5 Å². The van der Waals surface area contributed by atoms with Crippen LogP contribution in [0.25, 0.3) is 0 Å². The van der Waals surface area contributed by atoms with Crippen LogP contribution in [0.3, 0.4) is 0 Å². The van der Waals surface area contributed by atoms with Gasteiger partial charge in [-0.15, -0.1) is 0 Å². The van der Waals surface area contributed by atoms with Crippen molar-refractivity contribution in [2.24, 2.45) is 0 Å². The average molecular weight is 245 g/mol. The van der Waals surface area contributed by atoms with Gasteiger partial charge in [-0.05, 0) is 12.1 Å². The maximum absolute atomic E-state index is 11.2. The summed E-state index contributed by atoms with van der Waals surface area (Å²) in [5, 5.41) is 9.83. The van der Waals surface area contributed by atoms with Crippen LogP contribution in [-0.4, -0.2) is 27.7 Å². The second-order valence-corrected chi connectivity index (χ2v) is 3.77. The third kappa shape index (κ3) is 3.31. The van der Waals surface area contributed by atoms with Gasteiger partial charge >= 0.3 is 0 Å². The van der Waals surface area contributed by atoms with Crippen molar-refractivity contribution in [1.82, 2.24) is 20.1 Å². The number of carbonyl (C=O) groups is 1. The summed E-state index contributed by atoms with van der Waals surface area (Å²) >= 11 is 0.